The number of primary amides is 1. The number of amides is 1. The molecule has 7 aliphatic carbocycles. The predicted octanol–water partition coefficient (Wildman–Crippen LogP) is 30.5. The van der Waals surface area contributed by atoms with E-state index in [0.29, 0.717) is 47.4 Å². The van der Waals surface area contributed by atoms with Crippen molar-refractivity contribution < 1.29 is 19.1 Å². The summed E-state index contributed by atoms with van der Waals surface area (Å²) in [6, 6.07) is 75.2. The van der Waals surface area contributed by atoms with Gasteiger partial charge in [0.15, 0.2) is 5.58 Å². The highest BCUT2D eigenvalue weighted by molar-refractivity contribution is 9.11. The van der Waals surface area contributed by atoms with E-state index in [1.54, 1.807) is 23.8 Å². The van der Waals surface area contributed by atoms with E-state index in [9.17, 15) is 14.7 Å². The van der Waals surface area contributed by atoms with Crippen molar-refractivity contribution in [3.63, 3.8) is 0 Å². The Bertz CT molecular complexity index is 7980. The van der Waals surface area contributed by atoms with Crippen LogP contribution in [-0.2, 0) is 52.0 Å². The second kappa shape index (κ2) is 40.5. The van der Waals surface area contributed by atoms with Gasteiger partial charge < -0.3 is 72.6 Å². The average Bonchev–Trinajstić information content (AvgIpc) is 1.58. The molecule has 7 atom stereocenters. The Labute approximate surface area is 866 Å². The summed E-state index contributed by atoms with van der Waals surface area (Å²) in [4.78, 5) is 51.7. The number of carboxylic acid groups (broad SMARTS) is 1. The number of nitrogens with one attached hydrogen (secondary N) is 6. The van der Waals surface area contributed by atoms with E-state index in [4.69, 9.17) is 15.1 Å². The molecule has 0 bridgehead atoms. The van der Waals surface area contributed by atoms with Gasteiger partial charge in [0, 0.05) is 208 Å². The summed E-state index contributed by atoms with van der Waals surface area (Å²) in [6.45, 7) is 2.56. The predicted molar refractivity (Wildman–Crippen MR) is 590 cm³/mol. The second-order valence-corrected chi connectivity index (χ2v) is 43.9. The fourth-order valence-corrected chi connectivity index (χ4v) is 26.5. The highest BCUT2D eigenvalue weighted by Crippen LogP contribution is 2.48. The molecule has 720 valence electrons. The van der Waals surface area contributed by atoms with Gasteiger partial charge >= 0.3 is 5.97 Å². The summed E-state index contributed by atoms with van der Waals surface area (Å²) in [7, 11) is 2.21. The minimum Gasteiger partial charge on any atom is -0.478 e. The first-order valence-corrected chi connectivity index (χ1v) is 54.5. The lowest BCUT2D eigenvalue weighted by Gasteiger charge is -2.31. The molecule has 0 radical (unpaired) electrons. The first-order valence-electron chi connectivity index (χ1n) is 50.5. The largest absolute Gasteiger partial charge is 0.478 e. The van der Waals surface area contributed by atoms with Crippen LogP contribution in [0.5, 0.6) is 0 Å². The molecular weight excluding hydrogens is 2090 g/mol. The minimum atomic E-state index is -0.871. The lowest BCUT2D eigenvalue weighted by Crippen LogP contribution is -2.28. The number of halogens is 5. The number of oxazole rings is 1. The zero-order valence-electron chi connectivity index (χ0n) is 79.4. The SMILES string of the molecule is Brc1ccc2[nH]c3c(c2c1)CCCC3N1CCCC1.Brc1ccc2[nH]c3c(c2c1)CCCC3c1nc2ccccc2o1.Brc1ccc2c3c([nH]c2c1)C(n1cccc1)CCC3.Brc1cccc2c3c([nH]c12)C(n1cccc1)CCC3.Cn1c2c(c3cc(Br)ccc31)CCCC2n1cccc1.NC(=O)c1ccc2[nH]c3c(c2c1)CCCC3n1cccc1.O=C(O)c1ccc2[nH]c3c(c2c1)CCCC3n1cccc1. The number of benzene rings is 8. The molecule has 29 rings (SSSR count). The van der Waals surface area contributed by atoms with E-state index >= 15 is 0 Å². The van der Waals surface area contributed by atoms with Crippen LogP contribution >= 0.6 is 79.6 Å². The molecule has 9 N–H and O–H groups in total. The smallest absolute Gasteiger partial charge is 0.335 e. The summed E-state index contributed by atoms with van der Waals surface area (Å²) >= 11 is 18.0. The highest BCUT2D eigenvalue weighted by Gasteiger charge is 2.36. The first-order chi connectivity index (χ1) is 69.5. The van der Waals surface area contributed by atoms with Gasteiger partial charge in [-0.15, -0.1) is 0 Å². The van der Waals surface area contributed by atoms with Crippen LogP contribution in [0.1, 0.15) is 250 Å². The Morgan fingerprint density at radius 3 is 1.25 bits per heavy atom. The van der Waals surface area contributed by atoms with E-state index in [-0.39, 0.29) is 11.8 Å². The molecule has 8 aliphatic rings. The van der Waals surface area contributed by atoms with Gasteiger partial charge in [0.25, 0.3) is 0 Å². The summed E-state index contributed by atoms with van der Waals surface area (Å²) in [6.07, 6.45) is 49.0. The van der Waals surface area contributed by atoms with E-state index in [0.717, 1.165) is 110 Å². The number of aromatic amines is 6. The first kappa shape index (κ1) is 93.4. The number of aryl methyl sites for hydroxylation is 8. The van der Waals surface area contributed by atoms with Crippen molar-refractivity contribution in [3.8, 4) is 0 Å². The third-order valence-electron chi connectivity index (χ3n) is 31.2. The van der Waals surface area contributed by atoms with Crippen LogP contribution in [0.2, 0.25) is 0 Å². The van der Waals surface area contributed by atoms with Gasteiger partial charge in [-0.2, -0.15) is 0 Å². The van der Waals surface area contributed by atoms with Crippen LogP contribution in [0, 0.1) is 0 Å². The number of nitrogens with zero attached hydrogens (tertiary/aromatic N) is 8. The van der Waals surface area contributed by atoms with Crippen molar-refractivity contribution in [1.29, 1.82) is 0 Å². The summed E-state index contributed by atoms with van der Waals surface area (Å²) in [5.41, 5.74) is 36.3. The maximum absolute atomic E-state index is 11.4. The maximum Gasteiger partial charge on any atom is 0.335 e. The van der Waals surface area contributed by atoms with Crippen molar-refractivity contribution in [2.75, 3.05) is 13.1 Å². The Hall–Kier alpha value is -12.3. The van der Waals surface area contributed by atoms with Crippen LogP contribution in [0.4, 0.5) is 0 Å². The van der Waals surface area contributed by atoms with Crippen molar-refractivity contribution in [3.05, 3.63) is 392 Å². The Balaban J connectivity index is 0.0000000922. The van der Waals surface area contributed by atoms with Crippen LogP contribution in [0.25, 0.3) is 87.4 Å². The lowest BCUT2D eigenvalue weighted by molar-refractivity contribution is 0.0696. The number of aromatic nitrogens is 13. The average molecular weight is 2210 g/mol. The molecule has 1 fully saturated rings. The van der Waals surface area contributed by atoms with Crippen molar-refractivity contribution in [2.45, 2.75) is 190 Å². The molecule has 0 saturated carbocycles. The lowest BCUT2D eigenvalue weighted by atomic mass is 9.86. The summed E-state index contributed by atoms with van der Waals surface area (Å²) in [5, 5.41) is 18.3. The number of hydrogen-bond acceptors (Lipinski definition) is 5. The third-order valence-corrected chi connectivity index (χ3v) is 33.8. The molecular formula is C118H114Br5N15O4. The van der Waals surface area contributed by atoms with Gasteiger partial charge in [-0.1, -0.05) is 94.1 Å². The number of nitrogens with two attached hydrogens (primary N) is 1. The van der Waals surface area contributed by atoms with Crippen LogP contribution in [0.3, 0.4) is 0 Å². The molecule has 19 nitrogen and oxygen atoms in total. The van der Waals surface area contributed by atoms with Crippen LogP contribution < -0.4 is 5.73 Å². The fourth-order valence-electron chi connectivity index (χ4n) is 24.6. The number of carbonyl (C=O) groups excluding carboxylic acids is 1. The maximum atomic E-state index is 11.4. The molecule has 21 aromatic rings. The molecule has 7 unspecified atom stereocenters. The summed E-state index contributed by atoms with van der Waals surface area (Å²) < 4.78 is 25.7. The normalized spacial score (nSPS) is 18.9. The number of likely N-dealkylation sites (tertiary alicyclic amines) is 1. The zero-order valence-corrected chi connectivity index (χ0v) is 87.3. The molecule has 1 aliphatic heterocycles. The van der Waals surface area contributed by atoms with E-state index in [2.05, 4.69) is 350 Å². The molecule has 1 saturated heterocycles. The van der Waals surface area contributed by atoms with Gasteiger partial charge in [-0.3, -0.25) is 9.69 Å². The quantitative estimate of drug-likeness (QED) is 0.0700. The Kier molecular flexibility index (Phi) is 26.6. The number of para-hydroxylation sites is 3. The zero-order chi connectivity index (χ0) is 96.3. The second-order valence-electron chi connectivity index (χ2n) is 39.4. The fraction of sp³-hybridized carbons (Fsp3) is 0.280. The molecule has 142 heavy (non-hydrogen) atoms. The number of H-pyrrole nitrogens is 6. The highest BCUT2D eigenvalue weighted by atomic mass is 79.9. The number of carboxylic acids is 1. The number of rotatable bonds is 9. The number of fused-ring (bicyclic) bond motifs is 22. The topological polar surface area (TPSA) is 234 Å². The minimum absolute atomic E-state index is 0.220. The molecule has 24 heteroatoms. The standard InChI is InChI=1S/C19H15BrN2O.C17H17BrN2.C17H17N3O.C17H16N2O2.2C16H15BrN2.C16H19BrN2/c20-11-8-9-15-14(10-11)12-4-3-5-13(18(12)21-15)19-22-16-6-1-2-7-17(16)23-19;1-19-15-8-7-12(18)11-14(15)13-5-4-6-16(17(13)19)20-9-2-3-10-20;18-17(21)11-6-7-14-13(10-11)12-4-3-5-15(16(12)19-14)20-8-1-2-9-20;20-17(21)11-6-7-14-13(10-11)12-4-3-5-15(16(12)18-14)19-8-1-2-9-19;17-13-7-3-5-11-12-6-4-8-14(16(12)18-15(11)13)19-9-1-2-10-19;17-11-6-7-12-13-4-3-5-15(19-8-1-2-9-19)16(13)18-14(12)10-11;17-11-6-7-14-13(10-11)12-4-3-5-15(16(12)18-14)19-8-1-2-9-19/h1-2,6-10,13,21H,3-5H2;2-3,7-11,16H,4-6H2,1H3;1-2,6-10,15,19H,3-5H2,(H2,18,21);1-2,6-10,15,18H,3-5H2,(H,20,21);1-3,5,7,9-10,14,18H,4,6,8H2;1-2,6-10,15,18H,3-5H2;6-7,10,15,18H,1-5,8-9H2. The van der Waals surface area contributed by atoms with Gasteiger partial charge in [0.1, 0.15) is 5.52 Å². The van der Waals surface area contributed by atoms with E-state index in [1.807, 2.05) is 54.6 Å². The van der Waals surface area contributed by atoms with E-state index in [1.165, 1.54) is 240 Å². The molecule has 14 heterocycles. The van der Waals surface area contributed by atoms with Crippen molar-refractivity contribution in [2.24, 2.45) is 12.8 Å². The van der Waals surface area contributed by atoms with Gasteiger partial charge in [-0.25, -0.2) is 9.78 Å². The molecule has 8 aromatic carbocycles. The van der Waals surface area contributed by atoms with Crippen molar-refractivity contribution in [1.82, 2.24) is 67.2 Å². The Morgan fingerprint density at radius 2 is 0.739 bits per heavy atom. The van der Waals surface area contributed by atoms with Gasteiger partial charge in [0.05, 0.1) is 53.2 Å². The third kappa shape index (κ3) is 18.3. The van der Waals surface area contributed by atoms with Crippen LogP contribution in [-0.4, -0.2) is 97.3 Å². The number of aromatic carboxylic acids is 1. The monoisotopic (exact) mass is 2200 g/mol. The molecule has 0 spiro atoms. The van der Waals surface area contributed by atoms with Gasteiger partial charge in [-0.05, 0) is 398 Å². The Morgan fingerprint density at radius 1 is 0.352 bits per heavy atom. The van der Waals surface area contributed by atoms with Gasteiger partial charge in [0.2, 0.25) is 11.8 Å². The van der Waals surface area contributed by atoms with Crippen molar-refractivity contribution >= 4 is 179 Å². The van der Waals surface area contributed by atoms with Crippen LogP contribution in [0.15, 0.2) is 301 Å². The molecule has 1 amide bonds. The van der Waals surface area contributed by atoms with E-state index < -0.39 is 5.97 Å². The summed E-state index contributed by atoms with van der Waals surface area (Å²) in [5.74, 6) is -0.190. The number of carbonyl (C=O) groups is 2. The molecule has 13 aromatic heterocycles. The number of hydrogen-bond donors (Lipinski definition) is 8.